The van der Waals surface area contributed by atoms with E-state index < -0.39 is 23.4 Å². The molecule has 0 unspecified atom stereocenters. The summed E-state index contributed by atoms with van der Waals surface area (Å²) in [6, 6.07) is 21.9. The van der Waals surface area contributed by atoms with E-state index in [-0.39, 0.29) is 0 Å². The summed E-state index contributed by atoms with van der Waals surface area (Å²) in [5.41, 5.74) is 4.06. The van der Waals surface area contributed by atoms with Crippen LogP contribution in [0.4, 0.5) is 20.2 Å². The lowest BCUT2D eigenvalue weighted by molar-refractivity contribution is 0.100. The van der Waals surface area contributed by atoms with Gasteiger partial charge in [-0.3, -0.25) is 28.9 Å². The second-order valence-corrected chi connectivity index (χ2v) is 10.4. The van der Waals surface area contributed by atoms with Gasteiger partial charge in [0.1, 0.15) is 23.0 Å². The first kappa shape index (κ1) is 30.0. The second kappa shape index (κ2) is 13.7. The molecule has 0 saturated carbocycles. The standard InChI is InChI=1S/C34H28F2N8O2/c35-25-5-3-7-27(19-25)39-33(45)31-21-29(23-9-13-37-14-10-23)41-43(31)17-1-2-18-44-32(22-30(42-44)24-11-15-38-16-12-24)34(46)40-28-8-4-6-26(36)20-28/h3-16,19-22H,1-2,17-18H2,(H,39,45)(H,40,46). The molecule has 12 heteroatoms. The predicted octanol–water partition coefficient (Wildman–Crippen LogP) is 6.47. The van der Waals surface area contributed by atoms with Crippen LogP contribution >= 0.6 is 0 Å². The van der Waals surface area contributed by atoms with Gasteiger partial charge in [-0.05, 0) is 85.6 Å². The van der Waals surface area contributed by atoms with Crippen LogP contribution in [0.5, 0.6) is 0 Å². The number of pyridine rings is 2. The quantitative estimate of drug-likeness (QED) is 0.161. The van der Waals surface area contributed by atoms with Crippen molar-refractivity contribution in [3.8, 4) is 22.5 Å². The Hall–Kier alpha value is -6.04. The summed E-state index contributed by atoms with van der Waals surface area (Å²) in [6.45, 7) is 0.778. The van der Waals surface area contributed by atoms with Gasteiger partial charge >= 0.3 is 0 Å². The van der Waals surface area contributed by atoms with Gasteiger partial charge in [0.25, 0.3) is 11.8 Å². The summed E-state index contributed by atoms with van der Waals surface area (Å²) < 4.78 is 30.7. The Morgan fingerprint density at radius 2 is 1.00 bits per heavy atom. The summed E-state index contributed by atoms with van der Waals surface area (Å²) >= 11 is 0. The van der Waals surface area contributed by atoms with Crippen molar-refractivity contribution in [1.82, 2.24) is 29.5 Å². The number of benzene rings is 2. The number of rotatable bonds is 11. The number of hydrogen-bond donors (Lipinski definition) is 2. The third-order valence-corrected chi connectivity index (χ3v) is 7.13. The van der Waals surface area contributed by atoms with Crippen molar-refractivity contribution < 1.29 is 18.4 Å². The fourth-order valence-electron chi connectivity index (χ4n) is 4.91. The van der Waals surface area contributed by atoms with Crippen LogP contribution in [0, 0.1) is 11.6 Å². The Kier molecular flexibility index (Phi) is 8.95. The summed E-state index contributed by atoms with van der Waals surface area (Å²) in [5, 5.41) is 14.8. The zero-order valence-corrected chi connectivity index (χ0v) is 24.5. The molecule has 4 heterocycles. The highest BCUT2D eigenvalue weighted by atomic mass is 19.1. The van der Waals surface area contributed by atoms with Gasteiger partial charge in [0, 0.05) is 60.4 Å². The molecule has 6 aromatic rings. The van der Waals surface area contributed by atoms with Crippen molar-refractivity contribution in [2.75, 3.05) is 10.6 Å². The summed E-state index contributed by atoms with van der Waals surface area (Å²) in [5.74, 6) is -1.77. The minimum absolute atomic E-state index is 0.310. The van der Waals surface area contributed by atoms with Crippen LogP contribution in [0.2, 0.25) is 0 Å². The molecule has 0 saturated heterocycles. The van der Waals surface area contributed by atoms with E-state index in [0.717, 1.165) is 11.1 Å². The van der Waals surface area contributed by atoms with Crippen molar-refractivity contribution in [1.29, 1.82) is 0 Å². The van der Waals surface area contributed by atoms with E-state index in [0.29, 0.717) is 60.1 Å². The summed E-state index contributed by atoms with van der Waals surface area (Å²) in [7, 11) is 0. The fourth-order valence-corrected chi connectivity index (χ4v) is 4.91. The minimum Gasteiger partial charge on any atom is -0.321 e. The highest BCUT2D eigenvalue weighted by Gasteiger charge is 2.19. The number of amides is 2. The molecular weight excluding hydrogens is 590 g/mol. The van der Waals surface area contributed by atoms with Crippen molar-refractivity contribution in [3.63, 3.8) is 0 Å². The normalized spacial score (nSPS) is 10.9. The first-order valence-electron chi connectivity index (χ1n) is 14.5. The van der Waals surface area contributed by atoms with Gasteiger partial charge < -0.3 is 10.6 Å². The smallest absolute Gasteiger partial charge is 0.273 e. The molecule has 0 atom stereocenters. The number of carbonyl (C=O) groups is 2. The van der Waals surface area contributed by atoms with Gasteiger partial charge in [0.15, 0.2) is 0 Å². The number of aromatic nitrogens is 6. The molecular formula is C34H28F2N8O2. The van der Waals surface area contributed by atoms with Crippen LogP contribution in [0.1, 0.15) is 33.8 Å². The van der Waals surface area contributed by atoms with E-state index >= 15 is 0 Å². The van der Waals surface area contributed by atoms with Crippen LogP contribution in [0.15, 0.2) is 110 Å². The number of hydrogen-bond acceptors (Lipinski definition) is 6. The van der Waals surface area contributed by atoms with Crippen molar-refractivity contribution in [2.45, 2.75) is 25.9 Å². The summed E-state index contributed by atoms with van der Waals surface area (Å²) in [6.07, 6.45) is 7.76. The summed E-state index contributed by atoms with van der Waals surface area (Å²) in [4.78, 5) is 34.7. The van der Waals surface area contributed by atoms with Crippen molar-refractivity contribution >= 4 is 23.2 Å². The van der Waals surface area contributed by atoms with Crippen molar-refractivity contribution in [2.24, 2.45) is 0 Å². The monoisotopic (exact) mass is 618 g/mol. The predicted molar refractivity (Wildman–Crippen MR) is 169 cm³/mol. The molecule has 0 aliphatic rings. The first-order valence-corrected chi connectivity index (χ1v) is 14.5. The molecule has 0 radical (unpaired) electrons. The molecule has 4 aromatic heterocycles. The van der Waals surface area contributed by atoms with E-state index in [4.69, 9.17) is 0 Å². The molecule has 0 fully saturated rings. The Balaban J connectivity index is 1.20. The lowest BCUT2D eigenvalue weighted by atomic mass is 10.2. The van der Waals surface area contributed by atoms with E-state index in [1.165, 1.54) is 36.4 Å². The van der Waals surface area contributed by atoms with Crippen molar-refractivity contribution in [3.05, 3.63) is 133 Å². The van der Waals surface area contributed by atoms with Crippen LogP contribution in [-0.4, -0.2) is 41.3 Å². The Bertz CT molecular complexity index is 1830. The molecule has 230 valence electrons. The van der Waals surface area contributed by atoms with Gasteiger partial charge in [-0.1, -0.05) is 12.1 Å². The number of halogens is 2. The maximum atomic E-state index is 13.7. The Morgan fingerprint density at radius 3 is 1.39 bits per heavy atom. The number of aryl methyl sites for hydroxylation is 2. The zero-order chi connectivity index (χ0) is 31.9. The molecule has 46 heavy (non-hydrogen) atoms. The maximum Gasteiger partial charge on any atom is 0.273 e. The SMILES string of the molecule is O=C(Nc1cccc(F)c1)c1cc(-c2ccncc2)nn1CCCCn1nc(-c2ccncc2)cc1C(=O)Nc1cccc(F)c1. The van der Waals surface area contributed by atoms with E-state index in [9.17, 15) is 18.4 Å². The Labute approximate surface area is 262 Å². The molecule has 2 N–H and O–H groups in total. The number of unbranched alkanes of at least 4 members (excludes halogenated alkanes) is 1. The van der Waals surface area contributed by atoms with Crippen LogP contribution in [0.3, 0.4) is 0 Å². The fraction of sp³-hybridized carbons (Fsp3) is 0.118. The first-order chi connectivity index (χ1) is 22.4. The van der Waals surface area contributed by atoms with Gasteiger partial charge in [-0.2, -0.15) is 10.2 Å². The van der Waals surface area contributed by atoms with Gasteiger partial charge in [-0.25, -0.2) is 8.78 Å². The lowest BCUT2D eigenvalue weighted by Crippen LogP contribution is -2.19. The zero-order valence-electron chi connectivity index (χ0n) is 24.5. The molecule has 6 rings (SSSR count). The topological polar surface area (TPSA) is 120 Å². The number of carbonyl (C=O) groups excluding carboxylic acids is 2. The van der Waals surface area contributed by atoms with Gasteiger partial charge in [-0.15, -0.1) is 0 Å². The number of nitrogens with zero attached hydrogens (tertiary/aromatic N) is 6. The second-order valence-electron chi connectivity index (χ2n) is 10.4. The third-order valence-electron chi connectivity index (χ3n) is 7.13. The van der Waals surface area contributed by atoms with Gasteiger partial charge in [0.2, 0.25) is 0 Å². The number of anilines is 2. The molecule has 0 bridgehead atoms. The highest BCUT2D eigenvalue weighted by molar-refractivity contribution is 6.04. The molecule has 2 aromatic carbocycles. The van der Waals surface area contributed by atoms with E-state index in [1.807, 2.05) is 0 Å². The highest BCUT2D eigenvalue weighted by Crippen LogP contribution is 2.22. The van der Waals surface area contributed by atoms with Gasteiger partial charge in [0.05, 0.1) is 11.4 Å². The molecule has 0 aliphatic heterocycles. The van der Waals surface area contributed by atoms with E-state index in [2.05, 4.69) is 30.8 Å². The average molecular weight is 619 g/mol. The third kappa shape index (κ3) is 7.18. The molecule has 0 spiro atoms. The van der Waals surface area contributed by atoms with Crippen LogP contribution in [0.25, 0.3) is 22.5 Å². The van der Waals surface area contributed by atoms with E-state index in [1.54, 1.807) is 82.7 Å². The largest absolute Gasteiger partial charge is 0.321 e. The van der Waals surface area contributed by atoms with Crippen LogP contribution < -0.4 is 10.6 Å². The van der Waals surface area contributed by atoms with Crippen LogP contribution in [-0.2, 0) is 13.1 Å². The maximum absolute atomic E-state index is 13.7. The minimum atomic E-state index is -0.460. The average Bonchev–Trinajstić information content (AvgIpc) is 3.69. The Morgan fingerprint density at radius 1 is 0.587 bits per heavy atom. The molecule has 2 amide bonds. The lowest BCUT2D eigenvalue weighted by Gasteiger charge is -2.10. The molecule has 10 nitrogen and oxygen atoms in total. The number of nitrogens with one attached hydrogen (secondary N) is 2. The molecule has 0 aliphatic carbocycles.